The quantitative estimate of drug-likeness (QED) is 0.700. The third kappa shape index (κ3) is 2.64. The Balaban J connectivity index is 2.53. The molecule has 0 radical (unpaired) electrons. The van der Waals surface area contributed by atoms with Gasteiger partial charge in [-0.2, -0.15) is 0 Å². The van der Waals surface area contributed by atoms with E-state index in [0.717, 1.165) is 5.56 Å². The van der Waals surface area contributed by atoms with Gasteiger partial charge in [0.05, 0.1) is 6.10 Å². The highest BCUT2D eigenvalue weighted by atomic mass is 16.3. The van der Waals surface area contributed by atoms with Gasteiger partial charge in [0.1, 0.15) is 0 Å². The Labute approximate surface area is 73.0 Å². The molecule has 0 bridgehead atoms. The summed E-state index contributed by atoms with van der Waals surface area (Å²) in [7, 11) is 0. The molecule has 1 aromatic carbocycles. The molecule has 0 aliphatic heterocycles. The van der Waals surface area contributed by atoms with Crippen LogP contribution in [0, 0.1) is 0 Å². The van der Waals surface area contributed by atoms with E-state index in [9.17, 15) is 5.11 Å². The molecule has 0 heterocycles. The zero-order valence-corrected chi connectivity index (χ0v) is 7.27. The number of hydrogen-bond donors (Lipinski definition) is 2. The molecule has 3 N–H and O–H groups in total. The molecule has 0 unspecified atom stereocenters. The van der Waals surface area contributed by atoms with E-state index in [1.54, 1.807) is 0 Å². The second-order valence-electron chi connectivity index (χ2n) is 3.12. The smallest absolute Gasteiger partial charge is 0.0728 e. The van der Waals surface area contributed by atoms with E-state index in [-0.39, 0.29) is 6.04 Å². The third-order valence-electron chi connectivity index (χ3n) is 1.89. The van der Waals surface area contributed by atoms with E-state index >= 15 is 0 Å². The lowest BCUT2D eigenvalue weighted by Gasteiger charge is -2.13. The number of aliphatic hydroxyl groups excluding tert-OH is 1. The number of hydrogen-bond acceptors (Lipinski definition) is 2. The van der Waals surface area contributed by atoms with Gasteiger partial charge in [-0.1, -0.05) is 30.3 Å². The molecule has 0 saturated heterocycles. The van der Waals surface area contributed by atoms with E-state index in [1.165, 1.54) is 0 Å². The van der Waals surface area contributed by atoms with Crippen molar-refractivity contribution in [1.82, 2.24) is 0 Å². The predicted molar refractivity (Wildman–Crippen MR) is 49.8 cm³/mol. The second-order valence-corrected chi connectivity index (χ2v) is 3.12. The third-order valence-corrected chi connectivity index (χ3v) is 1.89. The van der Waals surface area contributed by atoms with Crippen molar-refractivity contribution >= 4 is 0 Å². The SMILES string of the molecule is C[C@@H](N)[C@@H](O)Cc1ccccc1. The first-order valence-corrected chi connectivity index (χ1v) is 4.17. The van der Waals surface area contributed by atoms with Crippen LogP contribution in [-0.2, 0) is 6.42 Å². The van der Waals surface area contributed by atoms with Crippen LogP contribution >= 0.6 is 0 Å². The van der Waals surface area contributed by atoms with Crippen LogP contribution < -0.4 is 5.73 Å². The van der Waals surface area contributed by atoms with Gasteiger partial charge < -0.3 is 10.8 Å². The van der Waals surface area contributed by atoms with Gasteiger partial charge in [0.15, 0.2) is 0 Å². The number of benzene rings is 1. The molecule has 66 valence electrons. The van der Waals surface area contributed by atoms with E-state index in [1.807, 2.05) is 37.3 Å². The van der Waals surface area contributed by atoms with E-state index in [0.29, 0.717) is 6.42 Å². The van der Waals surface area contributed by atoms with Gasteiger partial charge in [-0.05, 0) is 18.9 Å². The molecular formula is C10H15NO. The molecule has 0 spiro atoms. The van der Waals surface area contributed by atoms with Crippen LogP contribution in [0.3, 0.4) is 0 Å². The fraction of sp³-hybridized carbons (Fsp3) is 0.400. The van der Waals surface area contributed by atoms with Gasteiger partial charge in [0.2, 0.25) is 0 Å². The topological polar surface area (TPSA) is 46.2 Å². The first-order chi connectivity index (χ1) is 5.70. The lowest BCUT2D eigenvalue weighted by atomic mass is 10.0. The second kappa shape index (κ2) is 4.24. The lowest BCUT2D eigenvalue weighted by molar-refractivity contribution is 0.151. The first-order valence-electron chi connectivity index (χ1n) is 4.17. The van der Waals surface area contributed by atoms with Crippen LogP contribution in [0.15, 0.2) is 30.3 Å². The maximum absolute atomic E-state index is 9.45. The van der Waals surface area contributed by atoms with Crippen LogP contribution in [0.4, 0.5) is 0 Å². The molecule has 1 aromatic rings. The van der Waals surface area contributed by atoms with Gasteiger partial charge in [0.25, 0.3) is 0 Å². The average Bonchev–Trinajstić information content (AvgIpc) is 2.06. The van der Waals surface area contributed by atoms with Crippen molar-refractivity contribution in [3.8, 4) is 0 Å². The van der Waals surface area contributed by atoms with E-state index in [4.69, 9.17) is 5.73 Å². The van der Waals surface area contributed by atoms with E-state index in [2.05, 4.69) is 0 Å². The minimum Gasteiger partial charge on any atom is -0.391 e. The maximum atomic E-state index is 9.45. The Bertz CT molecular complexity index is 221. The van der Waals surface area contributed by atoms with Crippen LogP contribution in [-0.4, -0.2) is 17.3 Å². The maximum Gasteiger partial charge on any atom is 0.0728 e. The van der Waals surface area contributed by atoms with Gasteiger partial charge >= 0.3 is 0 Å². The zero-order chi connectivity index (χ0) is 8.97. The monoisotopic (exact) mass is 165 g/mol. The summed E-state index contributed by atoms with van der Waals surface area (Å²) in [5.74, 6) is 0. The Morgan fingerprint density at radius 1 is 1.33 bits per heavy atom. The predicted octanol–water partition coefficient (Wildman–Crippen LogP) is 0.937. The van der Waals surface area contributed by atoms with Crippen LogP contribution in [0.5, 0.6) is 0 Å². The minimum absolute atomic E-state index is 0.162. The van der Waals surface area contributed by atoms with Crippen molar-refractivity contribution in [2.45, 2.75) is 25.5 Å². The summed E-state index contributed by atoms with van der Waals surface area (Å²) in [5, 5.41) is 9.45. The molecule has 2 nitrogen and oxygen atoms in total. The summed E-state index contributed by atoms with van der Waals surface area (Å²) >= 11 is 0. The van der Waals surface area contributed by atoms with Crippen LogP contribution in [0.25, 0.3) is 0 Å². The van der Waals surface area contributed by atoms with Crippen molar-refractivity contribution in [3.63, 3.8) is 0 Å². The van der Waals surface area contributed by atoms with Crippen LogP contribution in [0.2, 0.25) is 0 Å². The van der Waals surface area contributed by atoms with Crippen molar-refractivity contribution < 1.29 is 5.11 Å². The minimum atomic E-state index is -0.438. The highest BCUT2D eigenvalue weighted by molar-refractivity contribution is 5.15. The largest absolute Gasteiger partial charge is 0.391 e. The number of rotatable bonds is 3. The molecule has 12 heavy (non-hydrogen) atoms. The summed E-state index contributed by atoms with van der Waals surface area (Å²) in [4.78, 5) is 0. The zero-order valence-electron chi connectivity index (χ0n) is 7.27. The fourth-order valence-corrected chi connectivity index (χ4v) is 1.04. The molecule has 0 aromatic heterocycles. The Kier molecular flexibility index (Phi) is 3.26. The van der Waals surface area contributed by atoms with Gasteiger partial charge in [-0.3, -0.25) is 0 Å². The summed E-state index contributed by atoms with van der Waals surface area (Å²) in [6.45, 7) is 1.81. The Morgan fingerprint density at radius 3 is 2.42 bits per heavy atom. The summed E-state index contributed by atoms with van der Waals surface area (Å²) in [5.41, 5.74) is 6.66. The number of aliphatic hydroxyl groups is 1. The van der Waals surface area contributed by atoms with Gasteiger partial charge in [-0.25, -0.2) is 0 Å². The molecule has 0 fully saturated rings. The summed E-state index contributed by atoms with van der Waals surface area (Å²) in [6.07, 6.45) is 0.200. The highest BCUT2D eigenvalue weighted by Gasteiger charge is 2.09. The van der Waals surface area contributed by atoms with Crippen molar-refractivity contribution in [1.29, 1.82) is 0 Å². The summed E-state index contributed by atoms with van der Waals surface area (Å²) < 4.78 is 0. The van der Waals surface area contributed by atoms with Crippen molar-refractivity contribution in [2.75, 3.05) is 0 Å². The molecule has 0 amide bonds. The summed E-state index contributed by atoms with van der Waals surface area (Å²) in [6, 6.07) is 9.70. The fourth-order valence-electron chi connectivity index (χ4n) is 1.04. The van der Waals surface area contributed by atoms with Gasteiger partial charge in [-0.15, -0.1) is 0 Å². The highest BCUT2D eigenvalue weighted by Crippen LogP contribution is 2.04. The Hall–Kier alpha value is -0.860. The normalized spacial score (nSPS) is 15.6. The molecule has 0 aliphatic rings. The molecule has 1 rings (SSSR count). The molecular weight excluding hydrogens is 150 g/mol. The molecule has 2 atom stereocenters. The standard InChI is InChI=1S/C10H15NO/c1-8(11)10(12)7-9-5-3-2-4-6-9/h2-6,8,10,12H,7,11H2,1H3/t8-,10+/m1/s1. The first kappa shape index (κ1) is 9.23. The Morgan fingerprint density at radius 2 is 1.92 bits per heavy atom. The average molecular weight is 165 g/mol. The number of nitrogens with two attached hydrogens (primary N) is 1. The molecule has 2 heteroatoms. The van der Waals surface area contributed by atoms with Crippen LogP contribution in [0.1, 0.15) is 12.5 Å². The van der Waals surface area contributed by atoms with Crippen molar-refractivity contribution in [2.24, 2.45) is 5.73 Å². The molecule has 0 saturated carbocycles. The van der Waals surface area contributed by atoms with E-state index < -0.39 is 6.10 Å². The molecule has 0 aliphatic carbocycles. The van der Waals surface area contributed by atoms with Crippen molar-refractivity contribution in [3.05, 3.63) is 35.9 Å². The van der Waals surface area contributed by atoms with Gasteiger partial charge in [0, 0.05) is 6.04 Å². The lowest BCUT2D eigenvalue weighted by Crippen LogP contribution is -2.32.